The quantitative estimate of drug-likeness (QED) is 0.693. The van der Waals surface area contributed by atoms with Gasteiger partial charge < -0.3 is 15.0 Å². The number of rotatable bonds is 9. The second kappa shape index (κ2) is 10.7. The molecule has 0 aliphatic heterocycles. The van der Waals surface area contributed by atoms with E-state index in [2.05, 4.69) is 5.32 Å². The highest BCUT2D eigenvalue weighted by atomic mass is 35.5. The summed E-state index contributed by atoms with van der Waals surface area (Å²) in [6, 6.07) is 14.4. The first kappa shape index (κ1) is 21.8. The Morgan fingerprint density at radius 3 is 2.43 bits per heavy atom. The first-order valence-corrected chi connectivity index (χ1v) is 9.77. The van der Waals surface area contributed by atoms with E-state index in [1.54, 1.807) is 18.9 Å². The Balaban J connectivity index is 2.14. The summed E-state index contributed by atoms with van der Waals surface area (Å²) in [5, 5.41) is 3.44. The molecule has 0 fully saturated rings. The summed E-state index contributed by atoms with van der Waals surface area (Å²) < 4.78 is 5.18. The monoisotopic (exact) mass is 402 g/mol. The van der Waals surface area contributed by atoms with Crippen LogP contribution in [0.2, 0.25) is 5.02 Å². The standard InChI is InChI=1S/C22H27ClN2O3/c1-4-24-22(27)16(2)25(15-17-9-12-19(28-3)13-10-17)21(26)14-11-18-7-5-6-8-20(18)23/h5-10,12-13,16H,4,11,14-15H2,1-3H3,(H,24,27)/t16-/m0/s1. The summed E-state index contributed by atoms with van der Waals surface area (Å²) in [7, 11) is 1.61. The number of benzene rings is 2. The third-order valence-electron chi connectivity index (χ3n) is 4.60. The van der Waals surface area contributed by atoms with Crippen LogP contribution in [-0.2, 0) is 22.6 Å². The lowest BCUT2D eigenvalue weighted by molar-refractivity contribution is -0.140. The summed E-state index contributed by atoms with van der Waals surface area (Å²) in [6.07, 6.45) is 0.809. The first-order valence-electron chi connectivity index (χ1n) is 9.39. The van der Waals surface area contributed by atoms with Gasteiger partial charge in [-0.05, 0) is 49.6 Å². The number of carbonyl (C=O) groups is 2. The molecule has 150 valence electrons. The molecule has 2 amide bonds. The lowest BCUT2D eigenvalue weighted by atomic mass is 10.1. The minimum absolute atomic E-state index is 0.0884. The highest BCUT2D eigenvalue weighted by molar-refractivity contribution is 6.31. The molecule has 5 nitrogen and oxygen atoms in total. The van der Waals surface area contributed by atoms with Gasteiger partial charge in [0.2, 0.25) is 11.8 Å². The van der Waals surface area contributed by atoms with Crippen molar-refractivity contribution in [1.82, 2.24) is 10.2 Å². The van der Waals surface area contributed by atoms with Crippen molar-refractivity contribution >= 4 is 23.4 Å². The van der Waals surface area contributed by atoms with Gasteiger partial charge in [-0.25, -0.2) is 0 Å². The number of nitrogens with zero attached hydrogens (tertiary/aromatic N) is 1. The van der Waals surface area contributed by atoms with Crippen LogP contribution in [0, 0.1) is 0 Å². The van der Waals surface area contributed by atoms with Crippen LogP contribution >= 0.6 is 11.6 Å². The van der Waals surface area contributed by atoms with E-state index in [1.807, 2.05) is 55.5 Å². The van der Waals surface area contributed by atoms with Crippen molar-refractivity contribution in [2.24, 2.45) is 0 Å². The lowest BCUT2D eigenvalue weighted by Crippen LogP contribution is -2.47. The fourth-order valence-electron chi connectivity index (χ4n) is 2.92. The highest BCUT2D eigenvalue weighted by Gasteiger charge is 2.25. The Bertz CT molecular complexity index is 793. The van der Waals surface area contributed by atoms with Gasteiger partial charge in [-0.1, -0.05) is 41.9 Å². The van der Waals surface area contributed by atoms with Gasteiger partial charge in [-0.3, -0.25) is 9.59 Å². The zero-order chi connectivity index (χ0) is 20.5. The number of hydrogen-bond acceptors (Lipinski definition) is 3. The van der Waals surface area contributed by atoms with E-state index < -0.39 is 6.04 Å². The Labute approximate surface area is 171 Å². The number of nitrogens with one attached hydrogen (secondary N) is 1. The molecular weight excluding hydrogens is 376 g/mol. The summed E-state index contributed by atoms with van der Waals surface area (Å²) in [5.41, 5.74) is 1.86. The van der Waals surface area contributed by atoms with Crippen molar-refractivity contribution in [3.63, 3.8) is 0 Å². The number of likely N-dealkylation sites (N-methyl/N-ethyl adjacent to an activating group) is 1. The largest absolute Gasteiger partial charge is 0.497 e. The summed E-state index contributed by atoms with van der Waals surface area (Å²) >= 11 is 6.20. The summed E-state index contributed by atoms with van der Waals surface area (Å²) in [4.78, 5) is 27.0. The van der Waals surface area contributed by atoms with Gasteiger partial charge in [0.05, 0.1) is 7.11 Å². The molecule has 0 aliphatic rings. The molecule has 0 heterocycles. The second-order valence-electron chi connectivity index (χ2n) is 6.53. The van der Waals surface area contributed by atoms with E-state index in [4.69, 9.17) is 16.3 Å². The topological polar surface area (TPSA) is 58.6 Å². The van der Waals surface area contributed by atoms with Crippen molar-refractivity contribution < 1.29 is 14.3 Å². The second-order valence-corrected chi connectivity index (χ2v) is 6.94. The van der Waals surface area contributed by atoms with Crippen LogP contribution in [0.4, 0.5) is 0 Å². The number of hydrogen-bond donors (Lipinski definition) is 1. The van der Waals surface area contributed by atoms with Crippen LogP contribution in [-0.4, -0.2) is 36.4 Å². The number of aryl methyl sites for hydroxylation is 1. The molecule has 0 bridgehead atoms. The van der Waals surface area contributed by atoms with E-state index in [9.17, 15) is 9.59 Å². The average molecular weight is 403 g/mol. The number of ether oxygens (including phenoxy) is 1. The van der Waals surface area contributed by atoms with Crippen LogP contribution < -0.4 is 10.1 Å². The molecule has 0 saturated heterocycles. The van der Waals surface area contributed by atoms with E-state index >= 15 is 0 Å². The van der Waals surface area contributed by atoms with Gasteiger partial charge in [0, 0.05) is 24.5 Å². The van der Waals surface area contributed by atoms with Gasteiger partial charge in [0.15, 0.2) is 0 Å². The molecule has 2 rings (SSSR count). The zero-order valence-corrected chi connectivity index (χ0v) is 17.3. The van der Waals surface area contributed by atoms with Crippen LogP contribution in [0.3, 0.4) is 0 Å². The van der Waals surface area contributed by atoms with Gasteiger partial charge in [0.25, 0.3) is 0 Å². The third kappa shape index (κ3) is 5.99. The normalized spacial score (nSPS) is 11.6. The van der Waals surface area contributed by atoms with Gasteiger partial charge >= 0.3 is 0 Å². The predicted octanol–water partition coefficient (Wildman–Crippen LogP) is 3.83. The fraction of sp³-hybridized carbons (Fsp3) is 0.364. The van der Waals surface area contributed by atoms with Crippen LogP contribution in [0.1, 0.15) is 31.4 Å². The van der Waals surface area contributed by atoms with Crippen molar-refractivity contribution in [2.75, 3.05) is 13.7 Å². The van der Waals surface area contributed by atoms with Crippen molar-refractivity contribution in [1.29, 1.82) is 0 Å². The number of amides is 2. The highest BCUT2D eigenvalue weighted by Crippen LogP contribution is 2.19. The van der Waals surface area contributed by atoms with Crippen molar-refractivity contribution in [3.05, 3.63) is 64.7 Å². The zero-order valence-electron chi connectivity index (χ0n) is 16.6. The van der Waals surface area contributed by atoms with Crippen LogP contribution in [0.15, 0.2) is 48.5 Å². The Morgan fingerprint density at radius 2 is 1.82 bits per heavy atom. The van der Waals surface area contributed by atoms with Crippen LogP contribution in [0.25, 0.3) is 0 Å². The van der Waals surface area contributed by atoms with Gasteiger partial charge in [0.1, 0.15) is 11.8 Å². The predicted molar refractivity (Wildman–Crippen MR) is 111 cm³/mol. The number of halogens is 1. The maximum Gasteiger partial charge on any atom is 0.242 e. The molecule has 28 heavy (non-hydrogen) atoms. The lowest BCUT2D eigenvalue weighted by Gasteiger charge is -2.29. The number of methoxy groups -OCH3 is 1. The maximum atomic E-state index is 13.0. The van der Waals surface area contributed by atoms with Gasteiger partial charge in [-0.2, -0.15) is 0 Å². The molecule has 0 aromatic heterocycles. The first-order chi connectivity index (χ1) is 13.5. The minimum Gasteiger partial charge on any atom is -0.497 e. The van der Waals surface area contributed by atoms with E-state index in [0.29, 0.717) is 24.5 Å². The molecule has 0 spiro atoms. The van der Waals surface area contributed by atoms with Crippen molar-refractivity contribution in [3.8, 4) is 5.75 Å². The molecular formula is C22H27ClN2O3. The smallest absolute Gasteiger partial charge is 0.242 e. The molecule has 2 aromatic carbocycles. The van der Waals surface area contributed by atoms with E-state index in [-0.39, 0.29) is 18.2 Å². The molecule has 6 heteroatoms. The van der Waals surface area contributed by atoms with Crippen molar-refractivity contribution in [2.45, 2.75) is 39.3 Å². The molecule has 0 unspecified atom stereocenters. The van der Waals surface area contributed by atoms with E-state index in [0.717, 1.165) is 16.9 Å². The van der Waals surface area contributed by atoms with Crippen LogP contribution in [0.5, 0.6) is 5.75 Å². The SMILES string of the molecule is CCNC(=O)[C@H](C)N(Cc1ccc(OC)cc1)C(=O)CCc1ccccc1Cl. The Morgan fingerprint density at radius 1 is 1.14 bits per heavy atom. The average Bonchev–Trinajstić information content (AvgIpc) is 2.71. The molecule has 1 atom stereocenters. The molecule has 1 N–H and O–H groups in total. The summed E-state index contributed by atoms with van der Waals surface area (Å²) in [6.45, 7) is 4.48. The maximum absolute atomic E-state index is 13.0. The Hall–Kier alpha value is -2.53. The molecule has 0 saturated carbocycles. The fourth-order valence-corrected chi connectivity index (χ4v) is 3.15. The minimum atomic E-state index is -0.569. The molecule has 2 aromatic rings. The Kier molecular flexibility index (Phi) is 8.33. The molecule has 0 radical (unpaired) electrons. The van der Waals surface area contributed by atoms with E-state index in [1.165, 1.54) is 0 Å². The third-order valence-corrected chi connectivity index (χ3v) is 4.97. The summed E-state index contributed by atoms with van der Waals surface area (Å²) in [5.74, 6) is 0.494. The number of carbonyl (C=O) groups excluding carboxylic acids is 2. The van der Waals surface area contributed by atoms with Gasteiger partial charge in [-0.15, -0.1) is 0 Å². The molecule has 0 aliphatic carbocycles.